The fraction of sp³-hybridized carbons (Fsp3) is 0.370. The normalized spacial score (nSPS) is 11.7. The number of nitrogens with zero attached hydrogens (tertiary/aromatic N) is 3. The zero-order chi connectivity index (χ0) is 30.1. The fourth-order valence-corrected chi connectivity index (χ4v) is 3.49. The molecule has 1 aromatic heterocycles. The molecule has 2 N–H and O–H groups in total. The van der Waals surface area contributed by atoms with Crippen LogP contribution in [0.3, 0.4) is 0 Å². The Morgan fingerprint density at radius 3 is 2.12 bits per heavy atom. The van der Waals surface area contributed by atoms with Gasteiger partial charge in [-0.2, -0.15) is 31.3 Å². The highest BCUT2D eigenvalue weighted by Gasteiger charge is 2.36. The molecule has 0 bridgehead atoms. The fourth-order valence-electron chi connectivity index (χ4n) is 3.49. The molecule has 3 rings (SSSR count). The van der Waals surface area contributed by atoms with E-state index in [1.807, 2.05) is 45.3 Å². The van der Waals surface area contributed by atoms with Crippen molar-refractivity contribution >= 4 is 5.97 Å². The Labute approximate surface area is 227 Å². The first-order valence-electron chi connectivity index (χ1n) is 12.0. The summed E-state index contributed by atoms with van der Waals surface area (Å²) in [6.45, 7) is 3.04. The molecule has 0 saturated heterocycles. The zero-order valence-electron chi connectivity index (χ0n) is 22.0. The predicted octanol–water partition coefficient (Wildman–Crippen LogP) is 6.80. The van der Waals surface area contributed by atoms with Crippen LogP contribution in [0.5, 0.6) is 6.01 Å². The van der Waals surface area contributed by atoms with Gasteiger partial charge in [-0.05, 0) is 63.2 Å². The average Bonchev–Trinajstić information content (AvgIpc) is 2.86. The molecule has 3 aromatic rings. The molecule has 0 aliphatic carbocycles. The summed E-state index contributed by atoms with van der Waals surface area (Å²) in [4.78, 5) is 21.8. The maximum Gasteiger partial charge on any atom is 0.416 e. The molecule has 0 saturated carbocycles. The monoisotopic (exact) mass is 571 g/mol. The van der Waals surface area contributed by atoms with E-state index in [4.69, 9.17) is 10.5 Å². The van der Waals surface area contributed by atoms with E-state index in [2.05, 4.69) is 14.9 Å². The summed E-state index contributed by atoms with van der Waals surface area (Å²) in [5, 5.41) is 9.36. The van der Waals surface area contributed by atoms with Crippen LogP contribution in [0.25, 0.3) is 17.0 Å². The summed E-state index contributed by atoms with van der Waals surface area (Å²) in [7, 11) is 3.99. The minimum atomic E-state index is -4.82. The van der Waals surface area contributed by atoms with Gasteiger partial charge in [-0.1, -0.05) is 24.3 Å². The van der Waals surface area contributed by atoms with Crippen LogP contribution in [0.2, 0.25) is 0 Å². The number of halogens is 6. The second kappa shape index (κ2) is 14.1. The van der Waals surface area contributed by atoms with Crippen molar-refractivity contribution in [3.63, 3.8) is 0 Å². The molecule has 7 nitrogen and oxygen atoms in total. The van der Waals surface area contributed by atoms with Gasteiger partial charge in [0.15, 0.2) is 0 Å². The summed E-state index contributed by atoms with van der Waals surface area (Å²) in [6.07, 6.45) is -7.64. The van der Waals surface area contributed by atoms with Gasteiger partial charge in [0.2, 0.25) is 0 Å². The van der Waals surface area contributed by atoms with Crippen molar-refractivity contribution in [1.29, 1.82) is 0 Å². The molecule has 0 amide bonds. The number of aromatic nitrogens is 2. The number of carboxylic acids is 1. The first-order chi connectivity index (χ1) is 18.6. The summed E-state index contributed by atoms with van der Waals surface area (Å²) in [5.41, 5.74) is 6.19. The Bertz CT molecular complexity index is 1250. The van der Waals surface area contributed by atoms with E-state index in [9.17, 15) is 36.2 Å². The molecule has 0 radical (unpaired) electrons. The summed E-state index contributed by atoms with van der Waals surface area (Å²) in [6, 6.07) is 9.08. The van der Waals surface area contributed by atoms with E-state index >= 15 is 0 Å². The number of benzene rings is 2. The number of rotatable bonds is 9. The molecule has 1 heterocycles. The highest BCUT2D eigenvalue weighted by molar-refractivity contribution is 5.94. The van der Waals surface area contributed by atoms with E-state index in [0.717, 1.165) is 24.1 Å². The Hall–Kier alpha value is -3.71. The maximum atomic E-state index is 12.4. The Morgan fingerprint density at radius 2 is 1.62 bits per heavy atom. The van der Waals surface area contributed by atoms with Gasteiger partial charge in [-0.3, -0.25) is 0 Å². The number of hydrogen-bond donors (Lipinski definition) is 1. The lowest BCUT2D eigenvalue weighted by molar-refractivity contribution is -0.143. The van der Waals surface area contributed by atoms with Crippen LogP contribution in [-0.2, 0) is 18.8 Å². The smallest absolute Gasteiger partial charge is 0.416 e. The number of nitrogens with one attached hydrogen (secondary N) is 1. The summed E-state index contributed by atoms with van der Waals surface area (Å²) in [5.74, 6) is -1.05. The lowest BCUT2D eigenvalue weighted by atomic mass is 10.0. The molecule has 2 aromatic carbocycles. The number of ether oxygens (including phenoxy) is 1. The number of carboxylic acid groups (broad SMARTS) is 1. The SMILES string of the molecule is Cc1ccccc1-c1nc(OCCCN(C)C)ncc1C(=O)O.[NH-]CCc1cc(C(F)(F)F)cc(C(F)(F)F)c1. The average molecular weight is 572 g/mol. The molecular formula is C27H29F6N4O3-. The first-order valence-corrected chi connectivity index (χ1v) is 12.0. The minimum absolute atomic E-state index is 0.0694. The van der Waals surface area contributed by atoms with Crippen molar-refractivity contribution in [2.24, 2.45) is 0 Å². The highest BCUT2D eigenvalue weighted by Crippen LogP contribution is 2.36. The van der Waals surface area contributed by atoms with Gasteiger partial charge in [0.05, 0.1) is 23.4 Å². The van der Waals surface area contributed by atoms with E-state index in [1.165, 1.54) is 6.20 Å². The topological polar surface area (TPSA) is 99.3 Å². The lowest BCUT2D eigenvalue weighted by Gasteiger charge is -2.14. The van der Waals surface area contributed by atoms with E-state index in [-0.39, 0.29) is 36.2 Å². The van der Waals surface area contributed by atoms with Crippen LogP contribution in [0, 0.1) is 6.92 Å². The third kappa shape index (κ3) is 9.79. The summed E-state index contributed by atoms with van der Waals surface area (Å²) < 4.78 is 79.7. The molecule has 13 heteroatoms. The quantitative estimate of drug-likeness (QED) is 0.224. The molecule has 0 spiro atoms. The molecule has 218 valence electrons. The van der Waals surface area contributed by atoms with Gasteiger partial charge in [0.25, 0.3) is 0 Å². The van der Waals surface area contributed by atoms with Gasteiger partial charge in [0, 0.05) is 18.3 Å². The Balaban J connectivity index is 0.000000294. The van der Waals surface area contributed by atoms with Gasteiger partial charge in [-0.25, -0.2) is 9.78 Å². The van der Waals surface area contributed by atoms with Crippen molar-refractivity contribution < 1.29 is 41.0 Å². The van der Waals surface area contributed by atoms with E-state index in [0.29, 0.717) is 24.4 Å². The first kappa shape index (κ1) is 32.5. The minimum Gasteiger partial charge on any atom is -0.677 e. The van der Waals surface area contributed by atoms with Crippen LogP contribution < -0.4 is 4.74 Å². The molecule has 40 heavy (non-hydrogen) atoms. The second-order valence-electron chi connectivity index (χ2n) is 8.95. The van der Waals surface area contributed by atoms with Crippen LogP contribution in [0.1, 0.15) is 39.0 Å². The van der Waals surface area contributed by atoms with E-state index < -0.39 is 29.4 Å². The zero-order valence-corrected chi connectivity index (χ0v) is 22.0. The van der Waals surface area contributed by atoms with Gasteiger partial charge in [0.1, 0.15) is 5.56 Å². The van der Waals surface area contributed by atoms with Crippen molar-refractivity contribution in [3.8, 4) is 17.3 Å². The number of alkyl halides is 6. The molecule has 0 fully saturated rings. The third-order valence-electron chi connectivity index (χ3n) is 5.44. The Morgan fingerprint density at radius 1 is 1.02 bits per heavy atom. The van der Waals surface area contributed by atoms with Crippen LogP contribution in [-0.4, -0.2) is 59.7 Å². The third-order valence-corrected chi connectivity index (χ3v) is 5.44. The van der Waals surface area contributed by atoms with Crippen molar-refractivity contribution in [2.75, 3.05) is 33.8 Å². The maximum absolute atomic E-state index is 12.4. The largest absolute Gasteiger partial charge is 0.677 e. The number of aryl methyl sites for hydroxylation is 1. The van der Waals surface area contributed by atoms with Crippen molar-refractivity contribution in [1.82, 2.24) is 14.9 Å². The van der Waals surface area contributed by atoms with Gasteiger partial charge < -0.3 is 20.5 Å². The molecule has 0 aliphatic heterocycles. The summed E-state index contributed by atoms with van der Waals surface area (Å²) >= 11 is 0. The lowest BCUT2D eigenvalue weighted by Crippen LogP contribution is -2.16. The van der Waals surface area contributed by atoms with Crippen LogP contribution >= 0.6 is 0 Å². The standard InChI is InChI=1S/C17H21N3O3.C10H8F6N/c1-12-7-4-5-8-13(12)15-14(16(21)22)11-18-17(19-15)23-10-6-9-20(2)3;11-9(12,13)7-3-6(1-2-17)4-8(5-7)10(14,15)16/h4-5,7-8,11H,6,9-10H2,1-3H3,(H,21,22);3-5,17H,1-2H2/q;-1. The van der Waals surface area contributed by atoms with Gasteiger partial charge in [-0.15, -0.1) is 6.54 Å². The molecular weight excluding hydrogens is 542 g/mol. The van der Waals surface area contributed by atoms with Crippen LogP contribution in [0.4, 0.5) is 26.3 Å². The molecule has 0 aliphatic rings. The predicted molar refractivity (Wildman–Crippen MR) is 137 cm³/mol. The number of aromatic carboxylic acids is 1. The highest BCUT2D eigenvalue weighted by atomic mass is 19.4. The molecule has 0 atom stereocenters. The number of carbonyl (C=O) groups is 1. The molecule has 0 unspecified atom stereocenters. The number of hydrogen-bond acceptors (Lipinski definition) is 5. The van der Waals surface area contributed by atoms with Crippen molar-refractivity contribution in [2.45, 2.75) is 32.1 Å². The van der Waals surface area contributed by atoms with E-state index in [1.54, 1.807) is 0 Å². The Kier molecular flexibility index (Phi) is 11.4. The van der Waals surface area contributed by atoms with Gasteiger partial charge >= 0.3 is 24.3 Å². The second-order valence-corrected chi connectivity index (χ2v) is 8.95. The van der Waals surface area contributed by atoms with Crippen LogP contribution in [0.15, 0.2) is 48.7 Å². The van der Waals surface area contributed by atoms with Crippen molar-refractivity contribution in [3.05, 3.63) is 82.2 Å².